The van der Waals surface area contributed by atoms with Crippen molar-refractivity contribution in [3.63, 3.8) is 0 Å². The lowest BCUT2D eigenvalue weighted by Crippen LogP contribution is -2.50. The number of benzene rings is 2. The molecule has 0 aliphatic heterocycles. The van der Waals surface area contributed by atoms with E-state index in [-0.39, 0.29) is 23.9 Å². The van der Waals surface area contributed by atoms with E-state index in [4.69, 9.17) is 4.74 Å². The Morgan fingerprint density at radius 3 is 2.26 bits per heavy atom. The normalized spacial score (nSPS) is 31.0. The fourth-order valence-electron chi connectivity index (χ4n) is 6.17. The highest BCUT2D eigenvalue weighted by atomic mass is 16.5. The van der Waals surface area contributed by atoms with Gasteiger partial charge in [-0.3, -0.25) is 9.59 Å². The molecule has 1 N–H and O–H groups in total. The number of hydrogen-bond donors (Lipinski definition) is 1. The molecule has 4 fully saturated rings. The number of carbonyl (C=O) groups excluding carboxylic acids is 2. The highest BCUT2D eigenvalue weighted by Crippen LogP contribution is 2.60. The molecule has 4 bridgehead atoms. The van der Waals surface area contributed by atoms with Crippen molar-refractivity contribution in [1.82, 2.24) is 0 Å². The Morgan fingerprint density at radius 2 is 1.56 bits per heavy atom. The Bertz CT molecular complexity index is 863. The number of carbonyl (C=O) groups is 2. The van der Waals surface area contributed by atoms with Gasteiger partial charge in [-0.2, -0.15) is 0 Å². The first-order valence-electron chi connectivity index (χ1n) is 10.1. The number of hydrogen-bond acceptors (Lipinski definition) is 3. The van der Waals surface area contributed by atoms with Gasteiger partial charge in [0.1, 0.15) is 0 Å². The molecule has 4 aliphatic carbocycles. The summed E-state index contributed by atoms with van der Waals surface area (Å²) in [5.41, 5.74) is 0.443. The molecule has 27 heavy (non-hydrogen) atoms. The van der Waals surface area contributed by atoms with Gasteiger partial charge in [-0.05, 0) is 67.7 Å². The summed E-state index contributed by atoms with van der Waals surface area (Å²) in [5, 5.41) is 4.95. The van der Waals surface area contributed by atoms with Crippen molar-refractivity contribution in [2.24, 2.45) is 23.2 Å². The molecule has 0 atom stereocenters. The van der Waals surface area contributed by atoms with Crippen molar-refractivity contribution in [3.05, 3.63) is 42.5 Å². The van der Waals surface area contributed by atoms with Crippen LogP contribution in [0, 0.1) is 23.2 Å². The van der Waals surface area contributed by atoms with Gasteiger partial charge in [-0.15, -0.1) is 0 Å². The van der Waals surface area contributed by atoms with Crippen molar-refractivity contribution in [2.45, 2.75) is 38.5 Å². The number of esters is 1. The maximum atomic E-state index is 12.9. The van der Waals surface area contributed by atoms with E-state index in [0.29, 0.717) is 17.8 Å². The summed E-state index contributed by atoms with van der Waals surface area (Å²) in [6.07, 6.45) is 6.74. The lowest BCUT2D eigenvalue weighted by molar-refractivity contribution is -0.172. The average molecular weight is 363 g/mol. The minimum absolute atomic E-state index is 0.144. The van der Waals surface area contributed by atoms with Crippen LogP contribution in [0.1, 0.15) is 38.5 Å². The van der Waals surface area contributed by atoms with Gasteiger partial charge in [-0.25, -0.2) is 0 Å². The van der Waals surface area contributed by atoms with Crippen LogP contribution >= 0.6 is 0 Å². The quantitative estimate of drug-likeness (QED) is 0.812. The van der Waals surface area contributed by atoms with E-state index in [1.165, 1.54) is 19.3 Å². The Hall–Kier alpha value is -2.36. The van der Waals surface area contributed by atoms with Crippen LogP contribution in [0.2, 0.25) is 0 Å². The van der Waals surface area contributed by atoms with Gasteiger partial charge >= 0.3 is 5.97 Å². The number of rotatable bonds is 4. The molecular weight excluding hydrogens is 338 g/mol. The predicted octanol–water partition coefficient (Wildman–Crippen LogP) is 4.54. The molecule has 0 unspecified atom stereocenters. The molecule has 0 heterocycles. The van der Waals surface area contributed by atoms with E-state index in [9.17, 15) is 9.59 Å². The van der Waals surface area contributed by atoms with E-state index in [2.05, 4.69) is 5.32 Å². The zero-order chi connectivity index (χ0) is 18.4. The first-order valence-corrected chi connectivity index (χ1v) is 10.1. The van der Waals surface area contributed by atoms with Gasteiger partial charge in [0.15, 0.2) is 6.61 Å². The van der Waals surface area contributed by atoms with Crippen LogP contribution in [-0.2, 0) is 14.3 Å². The number of ether oxygens (including phenoxy) is 1. The molecule has 4 saturated carbocycles. The van der Waals surface area contributed by atoms with Crippen molar-refractivity contribution < 1.29 is 14.3 Å². The largest absolute Gasteiger partial charge is 0.455 e. The van der Waals surface area contributed by atoms with Gasteiger partial charge in [0.05, 0.1) is 5.41 Å². The van der Waals surface area contributed by atoms with Crippen LogP contribution in [0.3, 0.4) is 0 Å². The second-order valence-electron chi connectivity index (χ2n) is 8.85. The maximum absolute atomic E-state index is 12.9. The van der Waals surface area contributed by atoms with Crippen molar-refractivity contribution in [3.8, 4) is 0 Å². The first kappa shape index (κ1) is 16.8. The fourth-order valence-corrected chi connectivity index (χ4v) is 6.17. The topological polar surface area (TPSA) is 55.4 Å². The fraction of sp³-hybridized carbons (Fsp3) is 0.478. The minimum Gasteiger partial charge on any atom is -0.455 e. The summed E-state index contributed by atoms with van der Waals surface area (Å²) in [6.45, 7) is -0.205. The maximum Gasteiger partial charge on any atom is 0.312 e. The highest BCUT2D eigenvalue weighted by Gasteiger charge is 2.55. The molecule has 2 aromatic rings. The second kappa shape index (κ2) is 6.36. The predicted molar refractivity (Wildman–Crippen MR) is 104 cm³/mol. The van der Waals surface area contributed by atoms with Crippen LogP contribution in [0.15, 0.2) is 42.5 Å². The number of nitrogens with one attached hydrogen (secondary N) is 1. The van der Waals surface area contributed by atoms with Crippen LogP contribution in [0.4, 0.5) is 5.69 Å². The van der Waals surface area contributed by atoms with E-state index >= 15 is 0 Å². The second-order valence-corrected chi connectivity index (χ2v) is 8.85. The summed E-state index contributed by atoms with van der Waals surface area (Å²) in [7, 11) is 0. The molecule has 1 amide bonds. The molecular formula is C23H25NO3. The van der Waals surface area contributed by atoms with Gasteiger partial charge in [-0.1, -0.05) is 36.4 Å². The summed E-state index contributed by atoms with van der Waals surface area (Å²) in [6, 6.07) is 13.7. The molecule has 6 rings (SSSR count). The Morgan fingerprint density at radius 1 is 0.926 bits per heavy atom. The Kier molecular flexibility index (Phi) is 3.96. The smallest absolute Gasteiger partial charge is 0.312 e. The summed E-state index contributed by atoms with van der Waals surface area (Å²) in [4.78, 5) is 25.3. The monoisotopic (exact) mass is 363 g/mol. The van der Waals surface area contributed by atoms with Gasteiger partial charge in [0.2, 0.25) is 0 Å². The van der Waals surface area contributed by atoms with E-state index in [1.54, 1.807) is 0 Å². The highest BCUT2D eigenvalue weighted by molar-refractivity contribution is 6.02. The number of amides is 1. The Balaban J connectivity index is 1.24. The zero-order valence-corrected chi connectivity index (χ0v) is 15.4. The first-order chi connectivity index (χ1) is 13.1. The molecule has 0 saturated heterocycles. The van der Waals surface area contributed by atoms with Gasteiger partial charge in [0.25, 0.3) is 5.91 Å². The van der Waals surface area contributed by atoms with Crippen molar-refractivity contribution >= 4 is 28.3 Å². The van der Waals surface area contributed by atoms with Crippen LogP contribution in [0.5, 0.6) is 0 Å². The van der Waals surface area contributed by atoms with Crippen LogP contribution < -0.4 is 5.32 Å². The molecule has 0 spiro atoms. The van der Waals surface area contributed by atoms with Crippen LogP contribution in [-0.4, -0.2) is 18.5 Å². The molecule has 0 aromatic heterocycles. The third-order valence-corrected chi connectivity index (χ3v) is 6.87. The van der Waals surface area contributed by atoms with Crippen molar-refractivity contribution in [1.29, 1.82) is 0 Å². The summed E-state index contributed by atoms with van der Waals surface area (Å²) in [5.74, 6) is 1.65. The average Bonchev–Trinajstić information content (AvgIpc) is 2.65. The van der Waals surface area contributed by atoms with E-state index < -0.39 is 0 Å². The number of anilines is 1. The minimum atomic E-state index is -0.311. The third kappa shape index (κ3) is 3.01. The molecule has 2 aromatic carbocycles. The SMILES string of the molecule is O=C(COC(=O)C12CC3CC(CC(C3)C1)C2)Nc1cccc2ccccc12. The van der Waals surface area contributed by atoms with Gasteiger partial charge < -0.3 is 10.1 Å². The lowest BCUT2D eigenvalue weighted by atomic mass is 9.49. The Labute approximate surface area is 159 Å². The molecule has 4 nitrogen and oxygen atoms in total. The molecule has 4 aliphatic rings. The molecule has 140 valence electrons. The lowest BCUT2D eigenvalue weighted by Gasteiger charge is -2.55. The molecule has 0 radical (unpaired) electrons. The number of fused-ring (bicyclic) bond motifs is 1. The zero-order valence-electron chi connectivity index (χ0n) is 15.4. The third-order valence-electron chi connectivity index (χ3n) is 6.87. The van der Waals surface area contributed by atoms with E-state index in [1.807, 2.05) is 42.5 Å². The standard InChI is InChI=1S/C23H25NO3/c25-21(24-20-7-3-5-18-4-1-2-6-19(18)20)14-27-22(26)23-11-15-8-16(12-23)10-17(9-15)13-23/h1-7,15-17H,8-14H2,(H,24,25). The van der Waals surface area contributed by atoms with Crippen molar-refractivity contribution in [2.75, 3.05) is 11.9 Å². The van der Waals surface area contributed by atoms with Gasteiger partial charge in [0, 0.05) is 11.1 Å². The molecule has 4 heteroatoms. The van der Waals surface area contributed by atoms with E-state index in [0.717, 1.165) is 35.7 Å². The van der Waals surface area contributed by atoms with Crippen LogP contribution in [0.25, 0.3) is 10.8 Å². The summed E-state index contributed by atoms with van der Waals surface area (Å²) >= 11 is 0. The summed E-state index contributed by atoms with van der Waals surface area (Å²) < 4.78 is 5.52.